The zero-order valence-electron chi connectivity index (χ0n) is 12.2. The normalized spacial score (nSPS) is 10.0. The van der Waals surface area contributed by atoms with Gasteiger partial charge in [0.1, 0.15) is 11.5 Å². The number of nitrogens with zero attached hydrogens (tertiary/aromatic N) is 2. The highest BCUT2D eigenvalue weighted by Gasteiger charge is 2.12. The number of rotatable bonds is 3. The maximum atomic E-state index is 9.50. The van der Waals surface area contributed by atoms with Gasteiger partial charge in [0, 0.05) is 17.1 Å². The Labute approximate surface area is 134 Å². The highest BCUT2D eigenvalue weighted by molar-refractivity contribution is 5.77. The average molecular weight is 302 g/mol. The third-order valence-electron chi connectivity index (χ3n) is 3.47. The Balaban J connectivity index is 2.10. The number of anilines is 3. The fourth-order valence-corrected chi connectivity index (χ4v) is 2.34. The summed E-state index contributed by atoms with van der Waals surface area (Å²) in [6.07, 6.45) is 0. The first-order chi connectivity index (χ1) is 11.2. The van der Waals surface area contributed by atoms with Gasteiger partial charge in [-0.25, -0.2) is 0 Å². The van der Waals surface area contributed by atoms with Crippen LogP contribution in [-0.2, 0) is 0 Å². The minimum atomic E-state index is 0.194. The van der Waals surface area contributed by atoms with Crippen molar-refractivity contribution in [3.8, 4) is 17.6 Å². The topological polar surface area (TPSA) is 67.5 Å². The van der Waals surface area contributed by atoms with Gasteiger partial charge in [0.05, 0.1) is 11.6 Å². The van der Waals surface area contributed by atoms with Crippen molar-refractivity contribution < 1.29 is 10.2 Å². The van der Waals surface area contributed by atoms with E-state index in [1.807, 2.05) is 17.0 Å². The Kier molecular flexibility index (Phi) is 3.86. The number of hydrogen-bond acceptors (Lipinski definition) is 4. The quantitative estimate of drug-likeness (QED) is 0.750. The lowest BCUT2D eigenvalue weighted by Gasteiger charge is -2.25. The summed E-state index contributed by atoms with van der Waals surface area (Å²) < 4.78 is 0. The molecule has 0 fully saturated rings. The number of phenols is 2. The minimum absolute atomic E-state index is 0.194. The van der Waals surface area contributed by atoms with Crippen molar-refractivity contribution in [2.45, 2.75) is 0 Å². The molecule has 0 radical (unpaired) electrons. The number of aromatic hydroxyl groups is 2. The first-order valence-electron chi connectivity index (χ1n) is 7.06. The predicted octanol–water partition coefficient (Wildman–Crippen LogP) is 4.44. The molecule has 0 atom stereocenters. The van der Waals surface area contributed by atoms with Gasteiger partial charge in [-0.2, -0.15) is 5.26 Å². The highest BCUT2D eigenvalue weighted by Crippen LogP contribution is 2.35. The molecule has 0 heterocycles. The standard InChI is InChI=1S/C19H14N2O2/c20-13-14-1-3-15(4-2-14)21(16-5-9-18(22)10-6-16)17-7-11-19(23)12-8-17/h1-12,22-23H. The molecule has 112 valence electrons. The van der Waals surface area contributed by atoms with Crippen LogP contribution < -0.4 is 4.90 Å². The summed E-state index contributed by atoms with van der Waals surface area (Å²) in [5, 5.41) is 27.9. The molecule has 0 amide bonds. The van der Waals surface area contributed by atoms with Gasteiger partial charge in [0.15, 0.2) is 0 Å². The van der Waals surface area contributed by atoms with Crippen LogP contribution >= 0.6 is 0 Å². The van der Waals surface area contributed by atoms with Crippen molar-refractivity contribution in [2.24, 2.45) is 0 Å². The van der Waals surface area contributed by atoms with E-state index in [2.05, 4.69) is 6.07 Å². The smallest absolute Gasteiger partial charge is 0.115 e. The third-order valence-corrected chi connectivity index (χ3v) is 3.47. The number of benzene rings is 3. The molecule has 4 nitrogen and oxygen atoms in total. The second kappa shape index (κ2) is 6.12. The SMILES string of the molecule is N#Cc1ccc(N(c2ccc(O)cc2)c2ccc(O)cc2)cc1. The lowest BCUT2D eigenvalue weighted by molar-refractivity contribution is 0.475. The molecule has 23 heavy (non-hydrogen) atoms. The lowest BCUT2D eigenvalue weighted by Crippen LogP contribution is -2.09. The van der Waals surface area contributed by atoms with Gasteiger partial charge in [-0.3, -0.25) is 0 Å². The molecule has 0 aliphatic heterocycles. The molecule has 0 aliphatic rings. The van der Waals surface area contributed by atoms with Crippen LogP contribution in [0.15, 0.2) is 72.8 Å². The maximum absolute atomic E-state index is 9.50. The van der Waals surface area contributed by atoms with Gasteiger partial charge >= 0.3 is 0 Å². The maximum Gasteiger partial charge on any atom is 0.115 e. The molecule has 0 saturated heterocycles. The summed E-state index contributed by atoms with van der Waals surface area (Å²) in [4.78, 5) is 1.97. The molecule has 0 unspecified atom stereocenters. The number of nitriles is 1. The van der Waals surface area contributed by atoms with E-state index in [1.165, 1.54) is 0 Å². The van der Waals surface area contributed by atoms with Crippen LogP contribution in [0.1, 0.15) is 5.56 Å². The summed E-state index contributed by atoms with van der Waals surface area (Å²) in [5.74, 6) is 0.387. The van der Waals surface area contributed by atoms with Gasteiger partial charge in [0.25, 0.3) is 0 Å². The Morgan fingerprint density at radius 3 is 1.30 bits per heavy atom. The molecule has 3 aromatic carbocycles. The van der Waals surface area contributed by atoms with E-state index < -0.39 is 0 Å². The van der Waals surface area contributed by atoms with Crippen molar-refractivity contribution in [1.29, 1.82) is 5.26 Å². The fourth-order valence-electron chi connectivity index (χ4n) is 2.34. The van der Waals surface area contributed by atoms with E-state index in [0.29, 0.717) is 5.56 Å². The monoisotopic (exact) mass is 302 g/mol. The van der Waals surface area contributed by atoms with Gasteiger partial charge in [0.2, 0.25) is 0 Å². The molecule has 0 aromatic heterocycles. The predicted molar refractivity (Wildman–Crippen MR) is 89.2 cm³/mol. The van der Waals surface area contributed by atoms with Crippen LogP contribution in [0.3, 0.4) is 0 Å². The largest absolute Gasteiger partial charge is 0.508 e. The van der Waals surface area contributed by atoms with Gasteiger partial charge in [-0.15, -0.1) is 0 Å². The fraction of sp³-hybridized carbons (Fsp3) is 0. The van der Waals surface area contributed by atoms with Crippen LogP contribution in [0.2, 0.25) is 0 Å². The van der Waals surface area contributed by atoms with E-state index in [1.54, 1.807) is 60.7 Å². The van der Waals surface area contributed by atoms with Crippen LogP contribution in [-0.4, -0.2) is 10.2 Å². The Morgan fingerprint density at radius 1 is 0.609 bits per heavy atom. The van der Waals surface area contributed by atoms with E-state index in [0.717, 1.165) is 17.1 Å². The first kappa shape index (κ1) is 14.5. The first-order valence-corrected chi connectivity index (χ1v) is 7.06. The van der Waals surface area contributed by atoms with Gasteiger partial charge < -0.3 is 15.1 Å². The van der Waals surface area contributed by atoms with E-state index >= 15 is 0 Å². The second-order valence-corrected chi connectivity index (χ2v) is 5.03. The van der Waals surface area contributed by atoms with Crippen molar-refractivity contribution in [3.05, 3.63) is 78.4 Å². The molecule has 3 aromatic rings. The molecule has 4 heteroatoms. The number of hydrogen-bond donors (Lipinski definition) is 2. The molecule has 2 N–H and O–H groups in total. The highest BCUT2D eigenvalue weighted by atomic mass is 16.3. The van der Waals surface area contributed by atoms with E-state index in [-0.39, 0.29) is 11.5 Å². The zero-order chi connectivity index (χ0) is 16.2. The molecular formula is C19H14N2O2. The lowest BCUT2D eigenvalue weighted by atomic mass is 10.1. The Hall–Kier alpha value is -3.45. The van der Waals surface area contributed by atoms with Crippen molar-refractivity contribution >= 4 is 17.1 Å². The van der Waals surface area contributed by atoms with E-state index in [4.69, 9.17) is 5.26 Å². The molecule has 0 aliphatic carbocycles. The van der Waals surface area contributed by atoms with Gasteiger partial charge in [-0.1, -0.05) is 0 Å². The Bertz CT molecular complexity index is 787. The molecule has 0 saturated carbocycles. The molecule has 0 bridgehead atoms. The van der Waals surface area contributed by atoms with Gasteiger partial charge in [-0.05, 0) is 72.8 Å². The van der Waals surface area contributed by atoms with Crippen molar-refractivity contribution in [3.63, 3.8) is 0 Å². The molecular weight excluding hydrogens is 288 g/mol. The second-order valence-electron chi connectivity index (χ2n) is 5.03. The third kappa shape index (κ3) is 3.09. The minimum Gasteiger partial charge on any atom is -0.508 e. The Morgan fingerprint density at radius 2 is 0.957 bits per heavy atom. The summed E-state index contributed by atoms with van der Waals surface area (Å²) in [6.45, 7) is 0. The van der Waals surface area contributed by atoms with E-state index in [9.17, 15) is 10.2 Å². The summed E-state index contributed by atoms with van der Waals surface area (Å²) in [6, 6.07) is 23.0. The van der Waals surface area contributed by atoms with Crippen LogP contribution in [0.5, 0.6) is 11.5 Å². The average Bonchev–Trinajstić information content (AvgIpc) is 2.59. The summed E-state index contributed by atoms with van der Waals surface area (Å²) in [7, 11) is 0. The number of phenolic OH excluding ortho intramolecular Hbond substituents is 2. The van der Waals surface area contributed by atoms with Crippen LogP contribution in [0.25, 0.3) is 0 Å². The van der Waals surface area contributed by atoms with Crippen molar-refractivity contribution in [1.82, 2.24) is 0 Å². The van der Waals surface area contributed by atoms with Crippen molar-refractivity contribution in [2.75, 3.05) is 4.90 Å². The molecule has 0 spiro atoms. The summed E-state index contributed by atoms with van der Waals surface area (Å²) >= 11 is 0. The zero-order valence-corrected chi connectivity index (χ0v) is 12.2. The molecule has 3 rings (SSSR count). The van der Waals surface area contributed by atoms with Crippen LogP contribution in [0.4, 0.5) is 17.1 Å². The van der Waals surface area contributed by atoms with Crippen LogP contribution in [0, 0.1) is 11.3 Å². The summed E-state index contributed by atoms with van der Waals surface area (Å²) in [5.41, 5.74) is 3.18.